The first-order valence-electron chi connectivity index (χ1n) is 5.73. The van der Waals surface area contributed by atoms with Crippen LogP contribution in [0.2, 0.25) is 0 Å². The Balaban J connectivity index is 0.00000162. The van der Waals surface area contributed by atoms with E-state index < -0.39 is 0 Å². The van der Waals surface area contributed by atoms with Gasteiger partial charge in [0.25, 0.3) is 0 Å². The molecule has 2 rings (SSSR count). The fraction of sp³-hybridized carbons (Fsp3) is 0.700. The van der Waals surface area contributed by atoms with Gasteiger partial charge in [-0.25, -0.2) is 4.99 Å². The third-order valence-corrected chi connectivity index (χ3v) is 4.52. The van der Waals surface area contributed by atoms with Crippen LogP contribution in [0.4, 0.5) is 0 Å². The van der Waals surface area contributed by atoms with Gasteiger partial charge < -0.3 is 10.6 Å². The molecule has 102 valence electrons. The molecule has 1 aliphatic heterocycles. The van der Waals surface area contributed by atoms with Gasteiger partial charge in [0.2, 0.25) is 0 Å². The van der Waals surface area contributed by atoms with Crippen LogP contribution in [0.5, 0.6) is 0 Å². The number of aliphatic imine (C=N–C) groups is 1. The molecular formula is C10H18IN5S2. The summed E-state index contributed by atoms with van der Waals surface area (Å²) in [7, 11) is 0. The van der Waals surface area contributed by atoms with Crippen LogP contribution in [0.1, 0.15) is 16.9 Å². The third kappa shape index (κ3) is 4.54. The molecule has 0 spiro atoms. The number of nitrogens with zero attached hydrogens (tertiary/aromatic N) is 4. The van der Waals surface area contributed by atoms with Crippen LogP contribution in [0.3, 0.4) is 0 Å². The summed E-state index contributed by atoms with van der Waals surface area (Å²) in [6.07, 6.45) is 0.931. The van der Waals surface area contributed by atoms with Gasteiger partial charge in [0, 0.05) is 24.6 Å². The van der Waals surface area contributed by atoms with E-state index in [0.29, 0.717) is 12.5 Å². The van der Waals surface area contributed by atoms with E-state index in [-0.39, 0.29) is 24.0 Å². The van der Waals surface area contributed by atoms with E-state index in [9.17, 15) is 0 Å². The van der Waals surface area contributed by atoms with E-state index in [1.807, 2.05) is 11.8 Å². The number of halogens is 1. The molecule has 1 aromatic rings. The van der Waals surface area contributed by atoms with E-state index in [1.54, 1.807) is 11.3 Å². The predicted octanol–water partition coefficient (Wildman–Crippen LogP) is 1.58. The number of nitrogens with two attached hydrogens (primary N) is 1. The Bertz CT molecular complexity index is 389. The van der Waals surface area contributed by atoms with Crippen LogP contribution in [0.25, 0.3) is 0 Å². The van der Waals surface area contributed by atoms with Crippen LogP contribution in [0.15, 0.2) is 4.99 Å². The van der Waals surface area contributed by atoms with Gasteiger partial charge in [-0.05, 0) is 6.42 Å². The number of rotatable bonds is 3. The van der Waals surface area contributed by atoms with Crippen molar-refractivity contribution in [2.45, 2.75) is 19.9 Å². The number of guanidine groups is 1. The Morgan fingerprint density at radius 2 is 2.00 bits per heavy atom. The van der Waals surface area contributed by atoms with Crippen molar-refractivity contribution in [3.05, 3.63) is 10.0 Å². The molecule has 18 heavy (non-hydrogen) atoms. The lowest BCUT2D eigenvalue weighted by atomic mass is 10.5. The topological polar surface area (TPSA) is 67.4 Å². The van der Waals surface area contributed by atoms with E-state index in [0.717, 1.165) is 41.0 Å². The van der Waals surface area contributed by atoms with Gasteiger partial charge >= 0.3 is 0 Å². The van der Waals surface area contributed by atoms with Gasteiger partial charge in [-0.15, -0.1) is 34.2 Å². The molecule has 2 heterocycles. The molecular weight excluding hydrogens is 381 g/mol. The van der Waals surface area contributed by atoms with Gasteiger partial charge in [-0.3, -0.25) is 0 Å². The van der Waals surface area contributed by atoms with Gasteiger partial charge in [0.15, 0.2) is 5.96 Å². The fourth-order valence-electron chi connectivity index (χ4n) is 1.54. The molecule has 1 aliphatic rings. The highest BCUT2D eigenvalue weighted by molar-refractivity contribution is 14.0. The van der Waals surface area contributed by atoms with Crippen LogP contribution in [-0.2, 0) is 13.0 Å². The Morgan fingerprint density at radius 3 is 2.61 bits per heavy atom. The Kier molecular flexibility index (Phi) is 7.23. The summed E-state index contributed by atoms with van der Waals surface area (Å²) in [5, 5.41) is 10.2. The van der Waals surface area contributed by atoms with E-state index in [1.165, 1.54) is 0 Å². The molecule has 1 aromatic heterocycles. The molecule has 0 aromatic carbocycles. The largest absolute Gasteiger partial charge is 0.370 e. The molecule has 8 heteroatoms. The summed E-state index contributed by atoms with van der Waals surface area (Å²) in [5.41, 5.74) is 5.96. The van der Waals surface area contributed by atoms with Gasteiger partial charge in [0.05, 0.1) is 6.54 Å². The Hall–Kier alpha value is -0.0900. The second-order valence-electron chi connectivity index (χ2n) is 3.72. The van der Waals surface area contributed by atoms with Crippen molar-refractivity contribution in [1.82, 2.24) is 15.1 Å². The highest BCUT2D eigenvalue weighted by Gasteiger charge is 2.12. The first kappa shape index (κ1) is 16.0. The number of hydrogen-bond donors (Lipinski definition) is 1. The minimum Gasteiger partial charge on any atom is -0.370 e. The van der Waals surface area contributed by atoms with Crippen molar-refractivity contribution >= 4 is 53.0 Å². The lowest BCUT2D eigenvalue weighted by Gasteiger charge is -2.27. The fourth-order valence-corrected chi connectivity index (χ4v) is 3.15. The summed E-state index contributed by atoms with van der Waals surface area (Å²) >= 11 is 3.58. The SMILES string of the molecule is CCc1nnc(CN=C(N)N2CCSCC2)s1.I. The first-order chi connectivity index (χ1) is 8.29. The van der Waals surface area contributed by atoms with Crippen LogP contribution in [0, 0.1) is 0 Å². The highest BCUT2D eigenvalue weighted by Crippen LogP contribution is 2.12. The van der Waals surface area contributed by atoms with Crippen LogP contribution < -0.4 is 5.73 Å². The van der Waals surface area contributed by atoms with Crippen LogP contribution >= 0.6 is 47.1 Å². The molecule has 0 bridgehead atoms. The van der Waals surface area contributed by atoms with E-state index >= 15 is 0 Å². The zero-order valence-electron chi connectivity index (χ0n) is 10.3. The molecule has 0 saturated carbocycles. The maximum Gasteiger partial charge on any atom is 0.191 e. The molecule has 0 unspecified atom stereocenters. The normalized spacial score (nSPS) is 16.5. The zero-order valence-corrected chi connectivity index (χ0v) is 14.3. The van der Waals surface area contributed by atoms with Crippen molar-refractivity contribution in [3.8, 4) is 0 Å². The molecule has 1 fully saturated rings. The number of aryl methyl sites for hydroxylation is 1. The van der Waals surface area contributed by atoms with Gasteiger partial charge in [0.1, 0.15) is 10.0 Å². The van der Waals surface area contributed by atoms with Gasteiger partial charge in [-0.1, -0.05) is 18.3 Å². The maximum absolute atomic E-state index is 5.96. The first-order valence-corrected chi connectivity index (χ1v) is 7.70. The summed E-state index contributed by atoms with van der Waals surface area (Å²) < 4.78 is 0. The third-order valence-electron chi connectivity index (χ3n) is 2.52. The predicted molar refractivity (Wildman–Crippen MR) is 88.9 cm³/mol. The molecule has 2 N–H and O–H groups in total. The molecule has 0 aliphatic carbocycles. The van der Waals surface area contributed by atoms with Crippen molar-refractivity contribution in [3.63, 3.8) is 0 Å². The molecule has 5 nitrogen and oxygen atoms in total. The van der Waals surface area contributed by atoms with Crippen molar-refractivity contribution in [2.24, 2.45) is 10.7 Å². The zero-order chi connectivity index (χ0) is 12.1. The molecule has 1 saturated heterocycles. The number of thioether (sulfide) groups is 1. The Labute approximate surface area is 133 Å². The van der Waals surface area contributed by atoms with Crippen molar-refractivity contribution < 1.29 is 0 Å². The second kappa shape index (κ2) is 8.16. The maximum atomic E-state index is 5.96. The standard InChI is InChI=1S/C10H17N5S2.HI/c1-2-8-13-14-9(17-8)7-12-10(11)15-3-5-16-6-4-15;/h2-7H2,1H3,(H2,11,12);1H. The van der Waals surface area contributed by atoms with Crippen LogP contribution in [-0.4, -0.2) is 45.7 Å². The monoisotopic (exact) mass is 399 g/mol. The summed E-state index contributed by atoms with van der Waals surface area (Å²) in [5.74, 6) is 2.91. The van der Waals surface area contributed by atoms with Crippen molar-refractivity contribution in [2.75, 3.05) is 24.6 Å². The Morgan fingerprint density at radius 1 is 1.33 bits per heavy atom. The lowest BCUT2D eigenvalue weighted by molar-refractivity contribution is 0.455. The lowest BCUT2D eigenvalue weighted by Crippen LogP contribution is -2.42. The smallest absolute Gasteiger partial charge is 0.191 e. The average molecular weight is 399 g/mol. The number of aromatic nitrogens is 2. The molecule has 0 amide bonds. The summed E-state index contributed by atoms with van der Waals surface area (Å²) in [6, 6.07) is 0. The minimum absolute atomic E-state index is 0. The summed E-state index contributed by atoms with van der Waals surface area (Å²) in [6.45, 7) is 4.62. The van der Waals surface area contributed by atoms with Gasteiger partial charge in [-0.2, -0.15) is 11.8 Å². The van der Waals surface area contributed by atoms with E-state index in [4.69, 9.17) is 5.73 Å². The minimum atomic E-state index is 0. The number of hydrogen-bond acceptors (Lipinski definition) is 5. The quantitative estimate of drug-likeness (QED) is 0.475. The van der Waals surface area contributed by atoms with Crippen molar-refractivity contribution in [1.29, 1.82) is 0 Å². The van der Waals surface area contributed by atoms with E-state index in [2.05, 4.69) is 27.0 Å². The summed E-state index contributed by atoms with van der Waals surface area (Å²) in [4.78, 5) is 6.52. The molecule has 0 atom stereocenters. The molecule has 0 radical (unpaired) electrons. The average Bonchev–Trinajstić information content (AvgIpc) is 2.85. The second-order valence-corrected chi connectivity index (χ2v) is 6.09. The highest BCUT2D eigenvalue weighted by atomic mass is 127.